The lowest BCUT2D eigenvalue weighted by atomic mass is 10.0. The molecule has 1 amide bonds. The molecule has 1 N–H and O–H groups in total. The molecule has 0 aromatic heterocycles. The lowest BCUT2D eigenvalue weighted by Crippen LogP contribution is -2.29. The second-order valence-corrected chi connectivity index (χ2v) is 5.92. The summed E-state index contributed by atoms with van der Waals surface area (Å²) in [4.78, 5) is 12.1. The molecular weight excluding hydrogens is 278 g/mol. The van der Waals surface area contributed by atoms with Crippen LogP contribution in [0.5, 0.6) is 11.5 Å². The van der Waals surface area contributed by atoms with Crippen LogP contribution in [0.3, 0.4) is 0 Å². The molecule has 0 bridgehead atoms. The number of amides is 1. The van der Waals surface area contributed by atoms with Crippen molar-refractivity contribution in [1.29, 1.82) is 0 Å². The molecule has 1 heterocycles. The number of nitrogens with one attached hydrogen (secondary N) is 1. The third-order valence-electron chi connectivity index (χ3n) is 3.68. The molecule has 2 aliphatic rings. The number of methoxy groups -OCH3 is 1. The second-order valence-electron chi connectivity index (χ2n) is 5.48. The first-order valence-corrected chi connectivity index (χ1v) is 7.34. The Morgan fingerprint density at radius 2 is 2.25 bits per heavy atom. The Bertz CT molecular complexity index is 542. The van der Waals surface area contributed by atoms with E-state index < -0.39 is 5.38 Å². The van der Waals surface area contributed by atoms with Crippen LogP contribution >= 0.6 is 11.6 Å². The fourth-order valence-corrected chi connectivity index (χ4v) is 2.71. The molecule has 108 valence electrons. The van der Waals surface area contributed by atoms with Crippen LogP contribution in [-0.4, -0.2) is 25.2 Å². The normalized spacial score (nSPS) is 21.9. The zero-order valence-electron chi connectivity index (χ0n) is 11.6. The number of alkyl halides is 1. The molecule has 1 saturated carbocycles. The van der Waals surface area contributed by atoms with Gasteiger partial charge in [-0.3, -0.25) is 4.79 Å². The van der Waals surface area contributed by atoms with Crippen molar-refractivity contribution in [2.75, 3.05) is 7.11 Å². The van der Waals surface area contributed by atoms with Crippen molar-refractivity contribution in [2.24, 2.45) is 0 Å². The Hall–Kier alpha value is -1.42. The summed E-state index contributed by atoms with van der Waals surface area (Å²) < 4.78 is 11.1. The third-order valence-corrected chi connectivity index (χ3v) is 4.11. The third kappa shape index (κ3) is 2.57. The molecule has 3 rings (SSSR count). The largest absolute Gasteiger partial charge is 0.496 e. The highest BCUT2D eigenvalue weighted by molar-refractivity contribution is 6.31. The van der Waals surface area contributed by atoms with Gasteiger partial charge < -0.3 is 14.8 Å². The van der Waals surface area contributed by atoms with Crippen LogP contribution in [0, 0.1) is 0 Å². The van der Waals surface area contributed by atoms with Crippen LogP contribution in [-0.2, 0) is 11.2 Å². The standard InChI is InChI=1S/C15H18ClNO3/c1-8-5-9-6-13(19-2)11(7-12(9)20-8)14(16)15(18)17-10-3-4-10/h6-8,10,14H,3-5H2,1-2H3,(H,17,18). The summed E-state index contributed by atoms with van der Waals surface area (Å²) in [7, 11) is 1.59. The maximum Gasteiger partial charge on any atom is 0.242 e. The maximum absolute atomic E-state index is 12.1. The fraction of sp³-hybridized carbons (Fsp3) is 0.533. The average Bonchev–Trinajstić information content (AvgIpc) is 3.15. The number of hydrogen-bond acceptors (Lipinski definition) is 3. The summed E-state index contributed by atoms with van der Waals surface area (Å²) in [6.45, 7) is 2.02. The minimum absolute atomic E-state index is 0.152. The van der Waals surface area contributed by atoms with Crippen molar-refractivity contribution in [2.45, 2.75) is 43.7 Å². The number of carbonyl (C=O) groups excluding carboxylic acids is 1. The van der Waals surface area contributed by atoms with Crippen molar-refractivity contribution in [1.82, 2.24) is 5.32 Å². The molecule has 20 heavy (non-hydrogen) atoms. The molecule has 4 nitrogen and oxygen atoms in total. The van der Waals surface area contributed by atoms with Crippen LogP contribution in [0.15, 0.2) is 12.1 Å². The van der Waals surface area contributed by atoms with Crippen LogP contribution in [0.4, 0.5) is 0 Å². The minimum Gasteiger partial charge on any atom is -0.496 e. The number of halogens is 1. The van der Waals surface area contributed by atoms with Gasteiger partial charge >= 0.3 is 0 Å². The van der Waals surface area contributed by atoms with Crippen LogP contribution in [0.25, 0.3) is 0 Å². The zero-order valence-corrected chi connectivity index (χ0v) is 12.4. The lowest BCUT2D eigenvalue weighted by molar-refractivity contribution is -0.121. The van der Waals surface area contributed by atoms with Gasteiger partial charge in [-0.25, -0.2) is 0 Å². The molecule has 1 aliphatic carbocycles. The van der Waals surface area contributed by atoms with E-state index in [1.807, 2.05) is 19.1 Å². The quantitative estimate of drug-likeness (QED) is 0.869. The first-order chi connectivity index (χ1) is 9.58. The first kappa shape index (κ1) is 13.6. The Kier molecular flexibility index (Phi) is 3.50. The Balaban J connectivity index is 1.87. The molecule has 2 unspecified atom stereocenters. The van der Waals surface area contributed by atoms with Gasteiger partial charge in [0.1, 0.15) is 23.0 Å². The zero-order chi connectivity index (χ0) is 14.3. The van der Waals surface area contributed by atoms with E-state index in [1.54, 1.807) is 7.11 Å². The molecule has 2 atom stereocenters. The van der Waals surface area contributed by atoms with Crippen molar-refractivity contribution in [3.8, 4) is 11.5 Å². The highest BCUT2D eigenvalue weighted by atomic mass is 35.5. The molecule has 1 aromatic rings. The molecule has 1 aliphatic heterocycles. The van der Waals surface area contributed by atoms with Gasteiger partial charge in [0.15, 0.2) is 0 Å². The number of rotatable bonds is 4. The van der Waals surface area contributed by atoms with Crippen LogP contribution < -0.4 is 14.8 Å². The molecule has 5 heteroatoms. The van der Waals surface area contributed by atoms with E-state index in [4.69, 9.17) is 21.1 Å². The van der Waals surface area contributed by atoms with E-state index in [-0.39, 0.29) is 12.0 Å². The van der Waals surface area contributed by atoms with E-state index in [9.17, 15) is 4.79 Å². The van der Waals surface area contributed by atoms with Crippen LogP contribution in [0.2, 0.25) is 0 Å². The number of hydrogen-bond donors (Lipinski definition) is 1. The maximum atomic E-state index is 12.1. The molecule has 0 spiro atoms. The Morgan fingerprint density at radius 3 is 2.90 bits per heavy atom. The number of carbonyl (C=O) groups is 1. The predicted octanol–water partition coefficient (Wildman–Crippen LogP) is 2.58. The lowest BCUT2D eigenvalue weighted by Gasteiger charge is -2.15. The monoisotopic (exact) mass is 295 g/mol. The van der Waals surface area contributed by atoms with E-state index in [0.29, 0.717) is 17.4 Å². The average molecular weight is 296 g/mol. The van der Waals surface area contributed by atoms with Crippen molar-refractivity contribution in [3.63, 3.8) is 0 Å². The highest BCUT2D eigenvalue weighted by Gasteiger charge is 2.30. The van der Waals surface area contributed by atoms with Gasteiger partial charge in [0.25, 0.3) is 0 Å². The van der Waals surface area contributed by atoms with E-state index in [2.05, 4.69) is 5.32 Å². The van der Waals surface area contributed by atoms with Gasteiger partial charge in [0, 0.05) is 23.6 Å². The minimum atomic E-state index is -0.754. The SMILES string of the molecule is COc1cc2c(cc1C(Cl)C(=O)NC1CC1)OC(C)C2. The van der Waals surface area contributed by atoms with E-state index >= 15 is 0 Å². The summed E-state index contributed by atoms with van der Waals surface area (Å²) in [5.74, 6) is 1.28. The molecule has 1 aromatic carbocycles. The number of benzene rings is 1. The predicted molar refractivity (Wildman–Crippen MR) is 76.5 cm³/mol. The topological polar surface area (TPSA) is 47.6 Å². The summed E-state index contributed by atoms with van der Waals surface area (Å²) in [5.41, 5.74) is 1.77. The Labute approximate surface area is 123 Å². The molecule has 0 saturated heterocycles. The van der Waals surface area contributed by atoms with E-state index in [0.717, 1.165) is 30.6 Å². The van der Waals surface area contributed by atoms with Crippen molar-refractivity contribution in [3.05, 3.63) is 23.3 Å². The Morgan fingerprint density at radius 1 is 1.50 bits per heavy atom. The molecular formula is C15H18ClNO3. The van der Waals surface area contributed by atoms with Gasteiger partial charge in [-0.1, -0.05) is 0 Å². The molecule has 0 radical (unpaired) electrons. The van der Waals surface area contributed by atoms with Gasteiger partial charge in [0.05, 0.1) is 7.11 Å². The number of ether oxygens (including phenoxy) is 2. The van der Waals surface area contributed by atoms with Crippen molar-refractivity contribution >= 4 is 17.5 Å². The summed E-state index contributed by atoms with van der Waals surface area (Å²) in [6.07, 6.45) is 3.08. The van der Waals surface area contributed by atoms with Gasteiger partial charge in [-0.15, -0.1) is 11.6 Å². The number of fused-ring (bicyclic) bond motifs is 1. The van der Waals surface area contributed by atoms with Gasteiger partial charge in [0.2, 0.25) is 5.91 Å². The summed E-state index contributed by atoms with van der Waals surface area (Å²) >= 11 is 6.30. The van der Waals surface area contributed by atoms with E-state index in [1.165, 1.54) is 0 Å². The first-order valence-electron chi connectivity index (χ1n) is 6.90. The van der Waals surface area contributed by atoms with Crippen molar-refractivity contribution < 1.29 is 14.3 Å². The summed E-state index contributed by atoms with van der Waals surface area (Å²) in [6, 6.07) is 4.05. The van der Waals surface area contributed by atoms with Gasteiger partial charge in [-0.05, 0) is 31.9 Å². The second kappa shape index (κ2) is 5.17. The summed E-state index contributed by atoms with van der Waals surface area (Å²) in [5, 5.41) is 2.16. The fourth-order valence-electron chi connectivity index (χ4n) is 2.47. The smallest absolute Gasteiger partial charge is 0.242 e. The van der Waals surface area contributed by atoms with Crippen LogP contribution in [0.1, 0.15) is 36.3 Å². The molecule has 1 fully saturated rings. The van der Waals surface area contributed by atoms with Gasteiger partial charge in [-0.2, -0.15) is 0 Å². The highest BCUT2D eigenvalue weighted by Crippen LogP contribution is 2.39.